The summed E-state index contributed by atoms with van der Waals surface area (Å²) in [5.74, 6) is 0.404. The quantitative estimate of drug-likeness (QED) is 0.295. The molecule has 13 heteroatoms. The molecule has 4 aliphatic rings. The molecule has 0 spiro atoms. The largest absolute Gasteiger partial charge is 0.349 e. The van der Waals surface area contributed by atoms with Gasteiger partial charge in [-0.25, -0.2) is 0 Å². The van der Waals surface area contributed by atoms with Crippen molar-refractivity contribution in [1.82, 2.24) is 20.0 Å². The Morgan fingerprint density at radius 3 is 1.36 bits per heavy atom. The molecule has 2 fully saturated rings. The number of carbonyl (C=O) groups is 4. The molecule has 10 nitrogen and oxygen atoms in total. The Balaban J connectivity index is 0.000000322. The summed E-state index contributed by atoms with van der Waals surface area (Å²) in [6.45, 7) is 26.1. The summed E-state index contributed by atoms with van der Waals surface area (Å²) in [6.07, 6.45) is 2.06. The summed E-state index contributed by atoms with van der Waals surface area (Å²) < 4.78 is 0. The molecule has 0 saturated carbocycles. The molecule has 2 aromatic rings. The van der Waals surface area contributed by atoms with Gasteiger partial charge in [-0.15, -0.1) is 0 Å². The zero-order valence-corrected chi connectivity index (χ0v) is 37.0. The van der Waals surface area contributed by atoms with E-state index in [0.29, 0.717) is 13.1 Å². The first-order chi connectivity index (χ1) is 26.4. The summed E-state index contributed by atoms with van der Waals surface area (Å²) in [5.41, 5.74) is 5.04. The van der Waals surface area contributed by atoms with E-state index in [2.05, 4.69) is 113 Å². The number of aliphatic imine (C=N–C) groups is 2. The van der Waals surface area contributed by atoms with Crippen molar-refractivity contribution in [2.45, 2.75) is 104 Å². The van der Waals surface area contributed by atoms with E-state index in [4.69, 9.17) is 0 Å². The predicted molar refractivity (Wildman–Crippen MR) is 234 cm³/mol. The second-order valence-corrected chi connectivity index (χ2v) is 15.8. The van der Waals surface area contributed by atoms with Crippen LogP contribution in [0.4, 0.5) is 0 Å². The fourth-order valence-electron chi connectivity index (χ4n) is 6.15. The Morgan fingerprint density at radius 2 is 1.04 bits per heavy atom. The van der Waals surface area contributed by atoms with Gasteiger partial charge in [0.05, 0.1) is 0 Å². The maximum Gasteiger partial charge on any atom is 0.262 e. The van der Waals surface area contributed by atoms with Crippen molar-refractivity contribution in [1.29, 1.82) is 0 Å². The van der Waals surface area contributed by atoms with Crippen LogP contribution in [0.15, 0.2) is 58.5 Å². The predicted octanol–water partition coefficient (Wildman–Crippen LogP) is 7.59. The van der Waals surface area contributed by atoms with E-state index in [1.807, 2.05) is 32.6 Å². The van der Waals surface area contributed by atoms with Crippen LogP contribution >= 0.6 is 35.1 Å². The number of piperazine rings is 2. The third-order valence-electron chi connectivity index (χ3n) is 9.48. The minimum Gasteiger partial charge on any atom is -0.349 e. The SMILES string of the molecule is CC.CC.CC(=O)Cl.CCc1ccc(C(C)C2SC(N3CCN(C(C)=O)CC3)=NC2=O)cc1.CCc1ccc(C(C)C2SC(N3CCNCC3)=NC2=O)cc1. The molecular weight excluding hydrogens is 752 g/mol. The standard InChI is InChI=1S/C19H25N3O2S.C17H23N3OS.C2H3ClO.2C2H6/c1-4-15-5-7-16(8-6-15)13(2)17-18(24)20-19(25-17)22-11-9-21(10-12-22)14(3)23;1-3-13-4-6-14(7-5-13)12(2)15-16(21)19-17(22-15)20-10-8-18-9-11-20;1-2(3)4;2*1-2/h5-8,13,17H,4,9-12H2,1-3H3;4-7,12,15,18H,3,8-11H2,1-2H3;1H3;2*1-2H3. The summed E-state index contributed by atoms with van der Waals surface area (Å²) in [5, 5.41) is 4.45. The van der Waals surface area contributed by atoms with E-state index < -0.39 is 0 Å². The van der Waals surface area contributed by atoms with Crippen LogP contribution in [0.3, 0.4) is 0 Å². The number of carbonyl (C=O) groups excluding carboxylic acids is 4. The fourth-order valence-corrected chi connectivity index (χ4v) is 8.58. The Hall–Kier alpha value is -3.19. The highest BCUT2D eigenvalue weighted by atomic mass is 35.5. The summed E-state index contributed by atoms with van der Waals surface area (Å²) >= 11 is 7.84. The van der Waals surface area contributed by atoms with Gasteiger partial charge in [-0.3, -0.25) is 19.2 Å². The molecule has 0 aliphatic carbocycles. The average Bonchev–Trinajstić information content (AvgIpc) is 3.81. The zero-order valence-electron chi connectivity index (χ0n) is 34.6. The lowest BCUT2D eigenvalue weighted by molar-refractivity contribution is -0.130. The van der Waals surface area contributed by atoms with Crippen LogP contribution in [0.1, 0.15) is 103 Å². The highest BCUT2D eigenvalue weighted by molar-refractivity contribution is 8.15. The van der Waals surface area contributed by atoms with Gasteiger partial charge in [-0.1, -0.05) is 127 Å². The summed E-state index contributed by atoms with van der Waals surface area (Å²) in [4.78, 5) is 60.2. The van der Waals surface area contributed by atoms with Crippen molar-refractivity contribution in [2.24, 2.45) is 9.98 Å². The van der Waals surface area contributed by atoms with Crippen LogP contribution in [0, 0.1) is 0 Å². The third-order valence-corrected chi connectivity index (χ3v) is 12.3. The number of hydrogen-bond acceptors (Lipinski definition) is 9. The lowest BCUT2D eigenvalue weighted by Crippen LogP contribution is -2.49. The summed E-state index contributed by atoms with van der Waals surface area (Å²) in [7, 11) is 0. The lowest BCUT2D eigenvalue weighted by Gasteiger charge is -2.35. The Bertz CT molecular complexity index is 1570. The van der Waals surface area contributed by atoms with Gasteiger partial charge < -0.3 is 20.0 Å². The summed E-state index contributed by atoms with van der Waals surface area (Å²) in [6, 6.07) is 17.2. The second-order valence-electron chi connectivity index (χ2n) is 13.0. The van der Waals surface area contributed by atoms with E-state index in [1.54, 1.807) is 30.4 Å². The van der Waals surface area contributed by atoms with Crippen LogP contribution in [0.5, 0.6) is 0 Å². The van der Waals surface area contributed by atoms with E-state index in [-0.39, 0.29) is 45.3 Å². The van der Waals surface area contributed by atoms with Crippen molar-refractivity contribution in [3.63, 3.8) is 0 Å². The van der Waals surface area contributed by atoms with Gasteiger partial charge in [0.1, 0.15) is 10.5 Å². The molecule has 1 N–H and O–H groups in total. The molecule has 4 unspecified atom stereocenters. The zero-order chi connectivity index (χ0) is 41.1. The number of nitrogens with zero attached hydrogens (tertiary/aromatic N) is 5. The van der Waals surface area contributed by atoms with E-state index in [9.17, 15) is 19.2 Å². The van der Waals surface area contributed by atoms with Gasteiger partial charge in [0, 0.05) is 78.0 Å². The average molecular weight is 816 g/mol. The van der Waals surface area contributed by atoms with Crippen LogP contribution in [0.2, 0.25) is 0 Å². The van der Waals surface area contributed by atoms with Crippen molar-refractivity contribution >= 4 is 68.4 Å². The van der Waals surface area contributed by atoms with Crippen LogP contribution in [-0.4, -0.2) is 111 Å². The van der Waals surface area contributed by atoms with Gasteiger partial charge in [0.2, 0.25) is 11.1 Å². The molecule has 0 radical (unpaired) electrons. The number of amidine groups is 2. The maximum absolute atomic E-state index is 12.4. The number of amides is 3. The van der Waals surface area contributed by atoms with Gasteiger partial charge in [-0.05, 0) is 46.7 Å². The monoisotopic (exact) mass is 814 g/mol. The van der Waals surface area contributed by atoms with Gasteiger partial charge in [0.15, 0.2) is 10.3 Å². The fraction of sp³-hybridized carbons (Fsp3) is 0.571. The van der Waals surface area contributed by atoms with Crippen LogP contribution < -0.4 is 5.32 Å². The molecule has 3 amide bonds. The molecular formula is C42H63ClN6O4S2. The number of nitrogens with one attached hydrogen (secondary N) is 1. The molecule has 4 aliphatic heterocycles. The van der Waals surface area contributed by atoms with Crippen LogP contribution in [0.25, 0.3) is 0 Å². The van der Waals surface area contributed by atoms with Crippen molar-refractivity contribution < 1.29 is 19.2 Å². The Morgan fingerprint density at radius 1 is 0.691 bits per heavy atom. The molecule has 4 atom stereocenters. The number of benzene rings is 2. The van der Waals surface area contributed by atoms with Gasteiger partial charge in [0.25, 0.3) is 11.8 Å². The van der Waals surface area contributed by atoms with Gasteiger partial charge >= 0.3 is 0 Å². The number of thioether (sulfide) groups is 2. The topological polar surface area (TPSA) is 115 Å². The Labute approximate surface area is 343 Å². The number of hydrogen-bond donors (Lipinski definition) is 1. The van der Waals surface area contributed by atoms with Gasteiger partial charge in [-0.2, -0.15) is 9.98 Å². The molecule has 0 bridgehead atoms. The molecule has 2 saturated heterocycles. The highest BCUT2D eigenvalue weighted by Crippen LogP contribution is 2.37. The third kappa shape index (κ3) is 14.7. The van der Waals surface area contributed by atoms with Crippen molar-refractivity contribution in [3.8, 4) is 0 Å². The van der Waals surface area contributed by atoms with E-state index in [1.165, 1.54) is 29.2 Å². The first kappa shape index (κ1) is 48.0. The molecule has 55 heavy (non-hydrogen) atoms. The molecule has 4 heterocycles. The number of halogens is 1. The molecule has 304 valence electrons. The van der Waals surface area contributed by atoms with Crippen LogP contribution in [-0.2, 0) is 32.0 Å². The minimum absolute atomic E-state index is 0.0191. The molecule has 0 aromatic heterocycles. The first-order valence-electron chi connectivity index (χ1n) is 19.8. The number of rotatable bonds is 6. The van der Waals surface area contributed by atoms with E-state index >= 15 is 0 Å². The molecule has 2 aromatic carbocycles. The first-order valence-corrected chi connectivity index (χ1v) is 21.9. The maximum atomic E-state index is 12.4. The second kappa shape index (κ2) is 25.1. The minimum atomic E-state index is -0.361. The highest BCUT2D eigenvalue weighted by Gasteiger charge is 2.37. The smallest absolute Gasteiger partial charge is 0.262 e. The molecule has 6 rings (SSSR count). The normalized spacial score (nSPS) is 20.2. The van der Waals surface area contributed by atoms with Crippen molar-refractivity contribution in [2.75, 3.05) is 52.4 Å². The van der Waals surface area contributed by atoms with Crippen molar-refractivity contribution in [3.05, 3.63) is 70.8 Å². The lowest BCUT2D eigenvalue weighted by atomic mass is 9.95. The Kier molecular flexibility index (Phi) is 21.9. The number of aryl methyl sites for hydroxylation is 2. The van der Waals surface area contributed by atoms with E-state index in [0.717, 1.165) is 62.4 Å².